The summed E-state index contributed by atoms with van der Waals surface area (Å²) in [7, 11) is 0. The summed E-state index contributed by atoms with van der Waals surface area (Å²) in [5.41, 5.74) is 2.95. The third-order valence-electron chi connectivity index (χ3n) is 4.54. The maximum atomic E-state index is 12.8. The molecule has 0 aliphatic carbocycles. The summed E-state index contributed by atoms with van der Waals surface area (Å²) in [5, 5.41) is 11.9. The van der Waals surface area contributed by atoms with Crippen molar-refractivity contribution in [1.29, 1.82) is 5.26 Å². The number of ether oxygens (including phenoxy) is 1. The largest absolute Gasteiger partial charge is 0.461 e. The van der Waals surface area contributed by atoms with Gasteiger partial charge >= 0.3 is 5.97 Å². The Morgan fingerprint density at radius 2 is 1.89 bits per heavy atom. The van der Waals surface area contributed by atoms with Gasteiger partial charge in [-0.1, -0.05) is 52.3 Å². The van der Waals surface area contributed by atoms with Crippen LogP contribution in [0.4, 0.5) is 0 Å². The molecule has 2 heterocycles. The Morgan fingerprint density at radius 3 is 2.59 bits per heavy atom. The van der Waals surface area contributed by atoms with Gasteiger partial charge in [-0.05, 0) is 36.1 Å². The number of halogens is 1. The van der Waals surface area contributed by atoms with Gasteiger partial charge in [-0.25, -0.2) is 4.79 Å². The predicted molar refractivity (Wildman–Crippen MR) is 109 cm³/mol. The highest BCUT2D eigenvalue weighted by Crippen LogP contribution is 2.37. The third kappa shape index (κ3) is 2.79. The third-order valence-corrected chi connectivity index (χ3v) is 5.07. The van der Waals surface area contributed by atoms with E-state index in [-0.39, 0.29) is 6.61 Å². The van der Waals surface area contributed by atoms with E-state index < -0.39 is 5.97 Å². The van der Waals surface area contributed by atoms with Gasteiger partial charge in [0, 0.05) is 21.6 Å². The van der Waals surface area contributed by atoms with Crippen LogP contribution in [-0.4, -0.2) is 17.0 Å². The molecule has 0 radical (unpaired) electrons. The Balaban J connectivity index is 2.18. The van der Waals surface area contributed by atoms with E-state index in [1.807, 2.05) is 60.8 Å². The molecule has 0 N–H and O–H groups in total. The first-order chi connectivity index (χ1) is 13.2. The van der Waals surface area contributed by atoms with Crippen molar-refractivity contribution in [3.63, 3.8) is 0 Å². The molecule has 0 aliphatic heterocycles. The molecule has 0 aliphatic rings. The first kappa shape index (κ1) is 17.3. The molecule has 2 aromatic carbocycles. The predicted octanol–water partition coefficient (Wildman–Crippen LogP) is 5.57. The van der Waals surface area contributed by atoms with Crippen molar-refractivity contribution < 1.29 is 9.53 Å². The van der Waals surface area contributed by atoms with Gasteiger partial charge in [-0.3, -0.25) is 0 Å². The molecular formula is C22H15BrN2O2. The lowest BCUT2D eigenvalue weighted by atomic mass is 10.00. The van der Waals surface area contributed by atoms with Crippen molar-refractivity contribution in [2.45, 2.75) is 6.92 Å². The van der Waals surface area contributed by atoms with Crippen LogP contribution in [0.15, 0.2) is 65.3 Å². The normalized spacial score (nSPS) is 10.9. The van der Waals surface area contributed by atoms with Crippen LogP contribution in [0.1, 0.15) is 23.0 Å². The van der Waals surface area contributed by atoms with Crippen molar-refractivity contribution in [1.82, 2.24) is 4.40 Å². The maximum Gasteiger partial charge on any atom is 0.356 e. The average molecular weight is 419 g/mol. The van der Waals surface area contributed by atoms with E-state index in [9.17, 15) is 10.1 Å². The summed E-state index contributed by atoms with van der Waals surface area (Å²) in [6.45, 7) is 2.04. The second-order valence-electron chi connectivity index (χ2n) is 6.06. The van der Waals surface area contributed by atoms with Gasteiger partial charge in [-0.15, -0.1) is 0 Å². The number of rotatable bonds is 3. The first-order valence-electron chi connectivity index (χ1n) is 8.54. The number of aromatic nitrogens is 1. The molecule has 0 bridgehead atoms. The summed E-state index contributed by atoms with van der Waals surface area (Å²) < 4.78 is 8.01. The molecule has 4 rings (SSSR count). The van der Waals surface area contributed by atoms with E-state index in [2.05, 4.69) is 22.0 Å². The number of hydrogen-bond acceptors (Lipinski definition) is 3. The number of nitrogens with zero attached hydrogens (tertiary/aromatic N) is 2. The van der Waals surface area contributed by atoms with Crippen molar-refractivity contribution in [2.24, 2.45) is 0 Å². The van der Waals surface area contributed by atoms with Gasteiger partial charge < -0.3 is 9.14 Å². The molecule has 0 fully saturated rings. The van der Waals surface area contributed by atoms with Gasteiger partial charge in [0.15, 0.2) is 0 Å². The van der Waals surface area contributed by atoms with Crippen LogP contribution in [0.5, 0.6) is 0 Å². The highest BCUT2D eigenvalue weighted by atomic mass is 79.9. The second-order valence-corrected chi connectivity index (χ2v) is 6.98. The number of nitriles is 1. The van der Waals surface area contributed by atoms with Gasteiger partial charge in [0.05, 0.1) is 17.7 Å². The quantitative estimate of drug-likeness (QED) is 0.408. The fourth-order valence-electron chi connectivity index (χ4n) is 3.42. The zero-order valence-electron chi connectivity index (χ0n) is 14.6. The lowest BCUT2D eigenvalue weighted by Crippen LogP contribution is -2.09. The minimum atomic E-state index is -0.442. The molecule has 0 saturated carbocycles. The Hall–Kier alpha value is -3.10. The average Bonchev–Trinajstić information content (AvgIpc) is 3.03. The molecule has 0 unspecified atom stereocenters. The van der Waals surface area contributed by atoms with Crippen LogP contribution >= 0.6 is 15.9 Å². The van der Waals surface area contributed by atoms with Gasteiger partial charge in [0.2, 0.25) is 0 Å². The molecule has 5 heteroatoms. The standard InChI is InChI=1S/C22H15BrN2O2/c1-2-27-22(26)21-19(15-7-9-16(23)10-8-15)18(13-24)20-17-6-4-3-5-14(17)11-12-25(20)21/h3-12H,2H2,1H3. The zero-order chi connectivity index (χ0) is 19.0. The van der Waals surface area contributed by atoms with Crippen LogP contribution in [-0.2, 0) is 4.74 Å². The Morgan fingerprint density at radius 1 is 1.15 bits per heavy atom. The van der Waals surface area contributed by atoms with Gasteiger partial charge in [0.25, 0.3) is 0 Å². The summed E-state index contributed by atoms with van der Waals surface area (Å²) in [6, 6.07) is 19.7. The van der Waals surface area contributed by atoms with Crippen LogP contribution in [0.3, 0.4) is 0 Å². The maximum absolute atomic E-state index is 12.8. The number of fused-ring (bicyclic) bond motifs is 3. The lowest BCUT2D eigenvalue weighted by molar-refractivity contribution is 0.0519. The number of carbonyl (C=O) groups excluding carboxylic acids is 1. The van der Waals surface area contributed by atoms with E-state index in [4.69, 9.17) is 4.74 Å². The lowest BCUT2D eigenvalue weighted by Gasteiger charge is -2.07. The monoisotopic (exact) mass is 418 g/mol. The molecule has 4 aromatic rings. The summed E-state index contributed by atoms with van der Waals surface area (Å²) in [6.07, 6.45) is 1.83. The number of benzene rings is 2. The SMILES string of the molecule is CCOC(=O)c1c(-c2ccc(Br)cc2)c(C#N)c2c3ccccc3ccn12. The molecule has 0 saturated heterocycles. The number of esters is 1. The minimum absolute atomic E-state index is 0.265. The topological polar surface area (TPSA) is 54.5 Å². The Bertz CT molecular complexity index is 1220. The van der Waals surface area contributed by atoms with Crippen molar-refractivity contribution in [2.75, 3.05) is 6.61 Å². The van der Waals surface area contributed by atoms with Gasteiger partial charge in [0.1, 0.15) is 11.8 Å². The minimum Gasteiger partial charge on any atom is -0.461 e. The highest BCUT2D eigenvalue weighted by Gasteiger charge is 2.26. The van der Waals surface area contributed by atoms with Crippen LogP contribution in [0, 0.1) is 11.3 Å². The molecule has 0 spiro atoms. The number of pyridine rings is 1. The summed E-state index contributed by atoms with van der Waals surface area (Å²) in [4.78, 5) is 12.8. The van der Waals surface area contributed by atoms with Gasteiger partial charge in [-0.2, -0.15) is 5.26 Å². The fraction of sp³-hybridized carbons (Fsp3) is 0.0909. The van der Waals surface area contributed by atoms with Crippen molar-refractivity contribution >= 4 is 38.2 Å². The molecule has 0 atom stereocenters. The second kappa shape index (κ2) is 6.90. The van der Waals surface area contributed by atoms with E-state index in [0.717, 1.165) is 26.3 Å². The van der Waals surface area contributed by atoms with E-state index in [0.29, 0.717) is 16.8 Å². The number of hydrogen-bond donors (Lipinski definition) is 0. The van der Waals surface area contributed by atoms with Crippen LogP contribution < -0.4 is 0 Å². The van der Waals surface area contributed by atoms with Crippen molar-refractivity contribution in [3.05, 3.63) is 76.5 Å². The molecule has 27 heavy (non-hydrogen) atoms. The Kier molecular flexibility index (Phi) is 4.43. The molecule has 0 amide bonds. The Labute approximate surface area is 164 Å². The first-order valence-corrected chi connectivity index (χ1v) is 9.34. The zero-order valence-corrected chi connectivity index (χ0v) is 16.2. The number of carbonyl (C=O) groups is 1. The van der Waals surface area contributed by atoms with E-state index in [1.54, 1.807) is 11.3 Å². The molecule has 4 nitrogen and oxygen atoms in total. The summed E-state index contributed by atoms with van der Waals surface area (Å²) >= 11 is 3.43. The summed E-state index contributed by atoms with van der Waals surface area (Å²) in [5.74, 6) is -0.442. The van der Waals surface area contributed by atoms with Crippen LogP contribution in [0.25, 0.3) is 27.4 Å². The molecule has 2 aromatic heterocycles. The van der Waals surface area contributed by atoms with E-state index in [1.165, 1.54) is 0 Å². The van der Waals surface area contributed by atoms with Crippen molar-refractivity contribution in [3.8, 4) is 17.2 Å². The smallest absolute Gasteiger partial charge is 0.356 e. The van der Waals surface area contributed by atoms with E-state index >= 15 is 0 Å². The van der Waals surface area contributed by atoms with Crippen LogP contribution in [0.2, 0.25) is 0 Å². The molecular weight excluding hydrogens is 404 g/mol. The highest BCUT2D eigenvalue weighted by molar-refractivity contribution is 9.10. The molecule has 132 valence electrons. The fourth-order valence-corrected chi connectivity index (χ4v) is 3.69.